The van der Waals surface area contributed by atoms with Crippen molar-refractivity contribution in [2.75, 3.05) is 4.90 Å². The van der Waals surface area contributed by atoms with Crippen molar-refractivity contribution in [3.63, 3.8) is 0 Å². The van der Waals surface area contributed by atoms with Crippen molar-refractivity contribution in [3.05, 3.63) is 169 Å². The van der Waals surface area contributed by atoms with Gasteiger partial charge in [0, 0.05) is 70.5 Å². The summed E-state index contributed by atoms with van der Waals surface area (Å²) in [4.78, 5) is 12.9. The monoisotopic (exact) mass is 671 g/mol. The summed E-state index contributed by atoms with van der Waals surface area (Å²) >= 11 is 1.83. The number of hydrogen-bond donors (Lipinski definition) is 0. The molecule has 3 aromatic heterocycles. The van der Waals surface area contributed by atoms with Gasteiger partial charge in [0.2, 0.25) is 0 Å². The maximum atomic E-state index is 6.65. The summed E-state index contributed by atoms with van der Waals surface area (Å²) in [6.07, 6.45) is 9.02. The molecule has 9 aromatic rings. The van der Waals surface area contributed by atoms with Crippen LogP contribution in [0.5, 0.6) is 0 Å². The summed E-state index contributed by atoms with van der Waals surface area (Å²) < 4.78 is 9.13. The highest BCUT2D eigenvalue weighted by atomic mass is 32.1. The van der Waals surface area contributed by atoms with Crippen LogP contribution in [-0.4, -0.2) is 16.0 Å². The lowest BCUT2D eigenvalue weighted by Gasteiger charge is -2.29. The summed E-state index contributed by atoms with van der Waals surface area (Å²) in [5.41, 5.74) is 10.4. The molecule has 1 aliphatic carbocycles. The molecule has 0 amide bonds. The molecule has 6 aromatic carbocycles. The third-order valence-electron chi connectivity index (χ3n) is 10.4. The van der Waals surface area contributed by atoms with Gasteiger partial charge in [0.05, 0.1) is 17.4 Å². The number of thiophene rings is 1. The number of nitrogens with zero attached hydrogens (tertiary/aromatic N) is 3. The van der Waals surface area contributed by atoms with Gasteiger partial charge in [0.15, 0.2) is 5.82 Å². The topological polar surface area (TPSA) is 42.2 Å². The molecule has 4 nitrogen and oxygen atoms in total. The maximum absolute atomic E-state index is 6.65. The standard InChI is InChI=1S/C46H29N3OS/c1-3-13-28(14-4-1)37-27-38(48-46(47-37)29-15-5-2-6-16-29)36-26-30(25-35-32-18-9-12-22-42(32)51-45(35)36)49-39-20-10-7-19-34(39)43-40(49)24-23-33-31-17-8-11-21-41(31)50-44(33)43/h1-27,34,39H. The third-order valence-corrected chi connectivity index (χ3v) is 11.6. The Labute approximate surface area is 298 Å². The molecule has 5 heteroatoms. The fourth-order valence-corrected chi connectivity index (χ4v) is 9.32. The number of benzene rings is 6. The first-order valence-electron chi connectivity index (χ1n) is 17.3. The molecule has 2 unspecified atom stereocenters. The molecule has 2 atom stereocenters. The zero-order valence-corrected chi connectivity index (χ0v) is 28.2. The van der Waals surface area contributed by atoms with Crippen LogP contribution in [0.4, 0.5) is 11.4 Å². The van der Waals surface area contributed by atoms with Crippen molar-refractivity contribution < 1.29 is 4.42 Å². The van der Waals surface area contributed by atoms with E-state index < -0.39 is 0 Å². The summed E-state index contributed by atoms with van der Waals surface area (Å²) in [5, 5.41) is 4.80. The van der Waals surface area contributed by atoms with Crippen LogP contribution in [0.2, 0.25) is 0 Å². The number of anilines is 2. The first kappa shape index (κ1) is 28.5. The summed E-state index contributed by atoms with van der Waals surface area (Å²) in [5.74, 6) is 0.867. The molecule has 2 aliphatic rings. The van der Waals surface area contributed by atoms with Crippen LogP contribution < -0.4 is 4.90 Å². The van der Waals surface area contributed by atoms with Gasteiger partial charge in [-0.15, -0.1) is 11.3 Å². The Morgan fingerprint density at radius 2 is 1.31 bits per heavy atom. The quantitative estimate of drug-likeness (QED) is 0.187. The molecule has 0 spiro atoms. The van der Waals surface area contributed by atoms with Gasteiger partial charge in [-0.05, 0) is 42.5 Å². The van der Waals surface area contributed by atoms with Crippen molar-refractivity contribution >= 4 is 64.8 Å². The zero-order valence-electron chi connectivity index (χ0n) is 27.4. The highest BCUT2D eigenvalue weighted by Crippen LogP contribution is 2.53. The van der Waals surface area contributed by atoms with Crippen LogP contribution in [0.15, 0.2) is 168 Å². The fourth-order valence-electron chi connectivity index (χ4n) is 8.11. The van der Waals surface area contributed by atoms with E-state index in [1.165, 1.54) is 31.4 Å². The minimum absolute atomic E-state index is 0.101. The summed E-state index contributed by atoms with van der Waals surface area (Å²) in [6, 6.07) is 49.3. The molecule has 11 rings (SSSR count). The van der Waals surface area contributed by atoms with E-state index in [-0.39, 0.29) is 12.0 Å². The van der Waals surface area contributed by atoms with Crippen LogP contribution in [-0.2, 0) is 0 Å². The Hall–Kier alpha value is -6.30. The minimum atomic E-state index is 0.101. The third kappa shape index (κ3) is 4.38. The first-order chi connectivity index (χ1) is 25.3. The Morgan fingerprint density at radius 3 is 2.18 bits per heavy atom. The second-order valence-electron chi connectivity index (χ2n) is 13.3. The molecular formula is C46H29N3OS. The average Bonchev–Trinajstić information content (AvgIpc) is 3.87. The Bertz CT molecular complexity index is 2830. The smallest absolute Gasteiger partial charge is 0.160 e. The van der Waals surface area contributed by atoms with Crippen LogP contribution in [0.25, 0.3) is 76.0 Å². The Balaban J connectivity index is 1.19. The van der Waals surface area contributed by atoms with Crippen LogP contribution in [0, 0.1) is 0 Å². The lowest BCUT2D eigenvalue weighted by atomic mass is 9.90. The Kier molecular flexibility index (Phi) is 6.21. The van der Waals surface area contributed by atoms with Crippen molar-refractivity contribution in [2.45, 2.75) is 12.0 Å². The number of hydrogen-bond acceptors (Lipinski definition) is 5. The van der Waals surface area contributed by atoms with Crippen LogP contribution >= 0.6 is 11.3 Å². The first-order valence-corrected chi connectivity index (χ1v) is 18.1. The lowest BCUT2D eigenvalue weighted by Crippen LogP contribution is -2.28. The molecule has 0 bridgehead atoms. The number of rotatable bonds is 4. The average molecular weight is 672 g/mol. The molecule has 4 heterocycles. The van der Waals surface area contributed by atoms with Crippen molar-refractivity contribution in [1.29, 1.82) is 0 Å². The van der Waals surface area contributed by atoms with Gasteiger partial charge in [-0.1, -0.05) is 121 Å². The van der Waals surface area contributed by atoms with Gasteiger partial charge in [0.25, 0.3) is 0 Å². The van der Waals surface area contributed by atoms with E-state index in [0.29, 0.717) is 5.82 Å². The zero-order chi connectivity index (χ0) is 33.5. The molecule has 0 radical (unpaired) electrons. The van der Waals surface area contributed by atoms with E-state index in [1.807, 2.05) is 41.7 Å². The summed E-state index contributed by atoms with van der Waals surface area (Å²) in [7, 11) is 0. The van der Waals surface area contributed by atoms with E-state index in [2.05, 4.69) is 138 Å². The molecule has 0 N–H and O–H groups in total. The number of allylic oxidation sites excluding steroid dienone is 2. The van der Waals surface area contributed by atoms with Gasteiger partial charge >= 0.3 is 0 Å². The van der Waals surface area contributed by atoms with Crippen molar-refractivity contribution in [2.24, 2.45) is 0 Å². The van der Waals surface area contributed by atoms with Gasteiger partial charge in [-0.25, -0.2) is 9.97 Å². The Morgan fingerprint density at radius 1 is 0.588 bits per heavy atom. The molecule has 51 heavy (non-hydrogen) atoms. The molecule has 0 fully saturated rings. The SMILES string of the molecule is C1=CC2c3c(ccc4c3oc3ccccc34)N(c3cc(-c4cc(-c5ccccc5)nc(-c5ccccc5)n4)c4sc5ccccc5c4c3)C2C=C1. The summed E-state index contributed by atoms with van der Waals surface area (Å²) in [6.45, 7) is 0. The van der Waals surface area contributed by atoms with E-state index >= 15 is 0 Å². The predicted molar refractivity (Wildman–Crippen MR) is 212 cm³/mol. The largest absolute Gasteiger partial charge is 0.456 e. The molecule has 240 valence electrons. The number of furan rings is 1. The number of para-hydroxylation sites is 1. The molecule has 1 aliphatic heterocycles. The van der Waals surface area contributed by atoms with Crippen LogP contribution in [0.1, 0.15) is 11.5 Å². The van der Waals surface area contributed by atoms with Gasteiger partial charge in [0.1, 0.15) is 11.2 Å². The predicted octanol–water partition coefficient (Wildman–Crippen LogP) is 12.5. The van der Waals surface area contributed by atoms with Crippen molar-refractivity contribution in [3.8, 4) is 33.9 Å². The second kappa shape index (κ2) is 11.1. The van der Waals surface area contributed by atoms with E-state index in [9.17, 15) is 0 Å². The van der Waals surface area contributed by atoms with Gasteiger partial charge in [-0.3, -0.25) is 0 Å². The minimum Gasteiger partial charge on any atom is -0.456 e. The number of aromatic nitrogens is 2. The second-order valence-corrected chi connectivity index (χ2v) is 14.3. The lowest BCUT2D eigenvalue weighted by molar-refractivity contribution is 0.656. The van der Waals surface area contributed by atoms with E-state index in [4.69, 9.17) is 14.4 Å². The van der Waals surface area contributed by atoms with E-state index in [0.717, 1.165) is 55.7 Å². The van der Waals surface area contributed by atoms with Crippen LogP contribution in [0.3, 0.4) is 0 Å². The highest BCUT2D eigenvalue weighted by molar-refractivity contribution is 7.26. The normalized spacial score (nSPS) is 16.4. The van der Waals surface area contributed by atoms with Crippen molar-refractivity contribution in [1.82, 2.24) is 9.97 Å². The van der Waals surface area contributed by atoms with E-state index in [1.54, 1.807) is 0 Å². The van der Waals surface area contributed by atoms with Gasteiger partial charge < -0.3 is 9.32 Å². The molecule has 0 saturated carbocycles. The molecule has 0 saturated heterocycles. The maximum Gasteiger partial charge on any atom is 0.160 e. The highest BCUT2D eigenvalue weighted by Gasteiger charge is 2.40. The van der Waals surface area contributed by atoms with Gasteiger partial charge in [-0.2, -0.15) is 0 Å². The fraction of sp³-hybridized carbons (Fsp3) is 0.0435. The number of fused-ring (bicyclic) bond motifs is 10. The molecular weight excluding hydrogens is 643 g/mol.